The normalized spacial score (nSPS) is 13.0. The van der Waals surface area contributed by atoms with Crippen molar-refractivity contribution in [2.45, 2.75) is 56.9 Å². The van der Waals surface area contributed by atoms with Crippen molar-refractivity contribution in [3.63, 3.8) is 0 Å². The van der Waals surface area contributed by atoms with Crippen LogP contribution in [0.4, 0.5) is 0 Å². The summed E-state index contributed by atoms with van der Waals surface area (Å²) in [6, 6.07) is 23.9. The highest BCUT2D eigenvalue weighted by Gasteiger charge is 2.44. The van der Waals surface area contributed by atoms with Gasteiger partial charge in [0.15, 0.2) is 0 Å². The molecule has 0 aliphatic heterocycles. The van der Waals surface area contributed by atoms with E-state index in [1.165, 1.54) is 25.7 Å². The van der Waals surface area contributed by atoms with Crippen molar-refractivity contribution >= 4 is 27.2 Å². The summed E-state index contributed by atoms with van der Waals surface area (Å²) in [5.74, 6) is 0. The third kappa shape index (κ3) is 4.62. The van der Waals surface area contributed by atoms with Crippen LogP contribution in [-0.2, 0) is 0 Å². The van der Waals surface area contributed by atoms with Crippen molar-refractivity contribution in [3.8, 4) is 0 Å². The first kappa shape index (κ1) is 19.9. The van der Waals surface area contributed by atoms with Gasteiger partial charge in [-0.3, -0.25) is 0 Å². The molecular weight excluding hydrogens is 332 g/mol. The zero-order valence-corrected chi connectivity index (χ0v) is 18.2. The molecule has 0 saturated heterocycles. The number of hydrogen-bond acceptors (Lipinski definition) is 0. The van der Waals surface area contributed by atoms with E-state index in [2.05, 4.69) is 93.3 Å². The number of benzene rings is 2. The molecule has 0 bridgehead atoms. The van der Waals surface area contributed by atoms with Crippen LogP contribution in [0.25, 0.3) is 0 Å². The predicted molar refractivity (Wildman–Crippen MR) is 118 cm³/mol. The summed E-state index contributed by atoms with van der Waals surface area (Å²) < 4.78 is 0. The largest absolute Gasteiger partial charge is 0.122 e. The van der Waals surface area contributed by atoms with Crippen molar-refractivity contribution in [3.05, 3.63) is 73.3 Å². The van der Waals surface area contributed by atoms with Gasteiger partial charge in [-0.15, -0.1) is 6.58 Å². The molecule has 2 aromatic rings. The highest BCUT2D eigenvalue weighted by atomic mass is 28.4. The smallest absolute Gasteiger partial charge is 0.103 e. The Hall–Kier alpha value is -1.39. The van der Waals surface area contributed by atoms with Gasteiger partial charge in [0.1, 0.15) is 8.07 Å². The lowest BCUT2D eigenvalue weighted by Gasteiger charge is -2.42. The highest BCUT2D eigenvalue weighted by Crippen LogP contribution is 2.34. The molecule has 1 atom stereocenters. The predicted octanol–water partition coefficient (Wildman–Crippen LogP) is 5.68. The summed E-state index contributed by atoms with van der Waals surface area (Å²) in [6.07, 6.45) is 7.59. The molecule has 0 nitrogen and oxygen atoms in total. The Morgan fingerprint density at radius 2 is 1.44 bits per heavy atom. The van der Waals surface area contributed by atoms with Crippen LogP contribution in [0.2, 0.25) is 24.3 Å². The molecule has 0 aliphatic carbocycles. The second kappa shape index (κ2) is 9.93. The Kier molecular flexibility index (Phi) is 7.92. The Bertz CT molecular complexity index is 580. The van der Waals surface area contributed by atoms with Crippen LogP contribution in [0.15, 0.2) is 73.3 Å². The molecule has 0 saturated carbocycles. The lowest BCUT2D eigenvalue weighted by Crippen LogP contribution is -2.63. The number of hydrogen-bond donors (Lipinski definition) is 0. The summed E-state index contributed by atoms with van der Waals surface area (Å²) >= 11 is 0. The fraction of sp³-hybridized carbons (Fsp3) is 0.391. The van der Waals surface area contributed by atoms with E-state index in [4.69, 9.17) is 0 Å². The molecular formula is C23H33Si2. The average Bonchev–Trinajstić information content (AvgIpc) is 2.65. The third-order valence-electron chi connectivity index (χ3n) is 5.43. The fourth-order valence-electron chi connectivity index (χ4n) is 4.27. The Balaban J connectivity index is 2.61. The van der Waals surface area contributed by atoms with Gasteiger partial charge in [-0.2, -0.15) is 0 Å². The summed E-state index contributed by atoms with van der Waals surface area (Å²) in [5, 5.41) is 4.02. The van der Waals surface area contributed by atoms with E-state index in [-0.39, 0.29) is 0 Å². The fourth-order valence-corrected chi connectivity index (χ4v) is 15.0. The minimum Gasteiger partial charge on any atom is -0.103 e. The summed E-state index contributed by atoms with van der Waals surface area (Å²) in [7, 11) is -2.27. The summed E-state index contributed by atoms with van der Waals surface area (Å²) in [5.41, 5.74) is 0. The molecule has 0 heterocycles. The summed E-state index contributed by atoms with van der Waals surface area (Å²) in [4.78, 5) is 0. The van der Waals surface area contributed by atoms with Gasteiger partial charge in [0.2, 0.25) is 0 Å². The van der Waals surface area contributed by atoms with Crippen molar-refractivity contribution in [2.24, 2.45) is 0 Å². The Morgan fingerprint density at radius 3 is 1.84 bits per heavy atom. The molecule has 2 heteroatoms. The second-order valence-electron chi connectivity index (χ2n) is 7.32. The molecule has 133 valence electrons. The Labute approximate surface area is 157 Å². The third-order valence-corrected chi connectivity index (χ3v) is 15.5. The minimum absolute atomic E-state index is 0.412. The molecule has 1 unspecified atom stereocenters. The van der Waals surface area contributed by atoms with Crippen LogP contribution < -0.4 is 10.4 Å². The van der Waals surface area contributed by atoms with E-state index in [9.17, 15) is 0 Å². The van der Waals surface area contributed by atoms with Gasteiger partial charge in [0.25, 0.3) is 0 Å². The minimum atomic E-state index is -1.86. The topological polar surface area (TPSA) is 0 Å². The maximum absolute atomic E-state index is 4.18. The van der Waals surface area contributed by atoms with Crippen molar-refractivity contribution in [1.29, 1.82) is 0 Å². The first-order valence-corrected chi connectivity index (χ1v) is 14.5. The van der Waals surface area contributed by atoms with E-state index in [0.29, 0.717) is 0 Å². The maximum Gasteiger partial charge on any atom is 0.122 e. The van der Waals surface area contributed by atoms with Gasteiger partial charge in [0, 0.05) is 8.80 Å². The van der Waals surface area contributed by atoms with Crippen LogP contribution >= 0.6 is 0 Å². The quantitative estimate of drug-likeness (QED) is 0.289. The molecule has 0 fully saturated rings. The van der Waals surface area contributed by atoms with E-state index in [0.717, 1.165) is 11.2 Å². The number of unbranched alkanes of at least 4 members (excludes halogenated alkanes) is 2. The van der Waals surface area contributed by atoms with Gasteiger partial charge in [-0.25, -0.2) is 0 Å². The molecule has 2 rings (SSSR count). The van der Waals surface area contributed by atoms with Gasteiger partial charge in [-0.1, -0.05) is 123 Å². The van der Waals surface area contributed by atoms with Crippen LogP contribution in [0, 0.1) is 0 Å². The van der Waals surface area contributed by atoms with Crippen molar-refractivity contribution < 1.29 is 0 Å². The number of allylic oxidation sites excluding steroid dienone is 1. The maximum atomic E-state index is 4.18. The second-order valence-corrected chi connectivity index (χ2v) is 15.0. The van der Waals surface area contributed by atoms with E-state index in [1.807, 2.05) is 0 Å². The molecule has 0 N–H and O–H groups in total. The highest BCUT2D eigenvalue weighted by molar-refractivity contribution is 7.09. The first-order valence-electron chi connectivity index (χ1n) is 9.68. The van der Waals surface area contributed by atoms with Gasteiger partial charge < -0.3 is 0 Å². The first-order chi connectivity index (χ1) is 12.2. The zero-order chi connectivity index (χ0) is 18.1. The van der Waals surface area contributed by atoms with Crippen LogP contribution in [-0.4, -0.2) is 16.9 Å². The lowest BCUT2D eigenvalue weighted by atomic mass is 10.2. The van der Waals surface area contributed by atoms with Gasteiger partial charge in [0.05, 0.1) is 0 Å². The molecule has 0 spiro atoms. The molecule has 25 heavy (non-hydrogen) atoms. The van der Waals surface area contributed by atoms with Crippen LogP contribution in [0.1, 0.15) is 32.6 Å². The molecule has 0 aliphatic rings. The molecule has 2 aromatic carbocycles. The van der Waals surface area contributed by atoms with Crippen molar-refractivity contribution in [1.82, 2.24) is 0 Å². The van der Waals surface area contributed by atoms with Crippen molar-refractivity contribution in [2.75, 3.05) is 0 Å². The van der Waals surface area contributed by atoms with E-state index < -0.39 is 16.9 Å². The average molecular weight is 366 g/mol. The van der Waals surface area contributed by atoms with E-state index in [1.54, 1.807) is 10.4 Å². The van der Waals surface area contributed by atoms with Crippen LogP contribution in [0.3, 0.4) is 0 Å². The lowest BCUT2D eigenvalue weighted by molar-refractivity contribution is 0.680. The van der Waals surface area contributed by atoms with E-state index >= 15 is 0 Å². The molecule has 0 aromatic heterocycles. The van der Waals surface area contributed by atoms with Crippen LogP contribution in [0.5, 0.6) is 0 Å². The SMILES string of the molecule is C=CC[Si](c1ccccc1)(c1ccccc1)C(CCCCC)[Si](C)C. The zero-order valence-electron chi connectivity index (χ0n) is 16.2. The molecule has 0 amide bonds. The molecule has 1 radical (unpaired) electrons. The van der Waals surface area contributed by atoms with Gasteiger partial charge in [-0.05, 0) is 11.2 Å². The Morgan fingerprint density at radius 1 is 0.920 bits per heavy atom. The number of rotatable bonds is 10. The van der Waals surface area contributed by atoms with Gasteiger partial charge >= 0.3 is 0 Å². The monoisotopic (exact) mass is 365 g/mol. The standard InChI is InChI=1S/C23H33Si2/c1-5-7-10-19-23(24(3)4)25(20-6-2,21-15-11-8-12-16-21)22-17-13-9-14-18-22/h6,8-9,11-18,23H,2,5,7,10,19-20H2,1,3-4H3. The summed E-state index contributed by atoms with van der Waals surface area (Å²) in [6.45, 7) is 11.5.